The van der Waals surface area contributed by atoms with E-state index in [0.717, 1.165) is 24.3 Å². The molecule has 0 saturated carbocycles. The molecular weight excluding hydrogens is 212 g/mol. The van der Waals surface area contributed by atoms with Gasteiger partial charge >= 0.3 is 0 Å². The molecule has 2 aromatic heterocycles. The molecule has 2 heterocycles. The van der Waals surface area contributed by atoms with Crippen molar-refractivity contribution >= 4 is 0 Å². The number of nitrogens with one attached hydrogen (secondary N) is 2. The number of aromatic amines is 1. The van der Waals surface area contributed by atoms with Crippen LogP contribution in [-0.4, -0.2) is 21.7 Å². The molecule has 17 heavy (non-hydrogen) atoms. The fourth-order valence-corrected chi connectivity index (χ4v) is 1.73. The molecule has 0 fully saturated rings. The molecule has 2 aromatic rings. The highest BCUT2D eigenvalue weighted by atomic mass is 15.1. The molecule has 0 bridgehead atoms. The van der Waals surface area contributed by atoms with Crippen molar-refractivity contribution in [1.82, 2.24) is 20.5 Å². The second-order valence-corrected chi connectivity index (χ2v) is 4.04. The molecule has 0 aliphatic rings. The van der Waals surface area contributed by atoms with Gasteiger partial charge in [-0.1, -0.05) is 13.3 Å². The number of rotatable bonds is 6. The van der Waals surface area contributed by atoms with Crippen LogP contribution in [0.25, 0.3) is 11.3 Å². The van der Waals surface area contributed by atoms with Crippen LogP contribution in [0.5, 0.6) is 0 Å². The molecule has 0 aromatic carbocycles. The van der Waals surface area contributed by atoms with Crippen LogP contribution in [0.4, 0.5) is 0 Å². The van der Waals surface area contributed by atoms with Crippen molar-refractivity contribution in [2.45, 2.75) is 26.3 Å². The van der Waals surface area contributed by atoms with Gasteiger partial charge in [-0.3, -0.25) is 10.1 Å². The van der Waals surface area contributed by atoms with Crippen molar-refractivity contribution in [2.24, 2.45) is 0 Å². The summed E-state index contributed by atoms with van der Waals surface area (Å²) < 4.78 is 0. The highest BCUT2D eigenvalue weighted by molar-refractivity contribution is 5.61. The summed E-state index contributed by atoms with van der Waals surface area (Å²) in [6.45, 7) is 4.09. The van der Waals surface area contributed by atoms with Crippen LogP contribution in [0.15, 0.2) is 30.7 Å². The van der Waals surface area contributed by atoms with Crippen molar-refractivity contribution < 1.29 is 0 Å². The minimum atomic E-state index is 0.848. The first-order chi connectivity index (χ1) is 8.42. The summed E-state index contributed by atoms with van der Waals surface area (Å²) in [6.07, 6.45) is 7.93. The Morgan fingerprint density at radius 3 is 3.06 bits per heavy atom. The molecule has 2 N–H and O–H groups in total. The Labute approximate surface area is 101 Å². The van der Waals surface area contributed by atoms with Crippen LogP contribution in [-0.2, 0) is 6.54 Å². The maximum absolute atomic E-state index is 4.12. The van der Waals surface area contributed by atoms with E-state index in [1.807, 2.05) is 24.5 Å². The van der Waals surface area contributed by atoms with Crippen LogP contribution in [0.3, 0.4) is 0 Å². The smallest absolute Gasteiger partial charge is 0.0710 e. The topological polar surface area (TPSA) is 53.6 Å². The third-order valence-corrected chi connectivity index (χ3v) is 2.69. The third-order valence-electron chi connectivity index (χ3n) is 2.69. The van der Waals surface area contributed by atoms with Crippen LogP contribution >= 0.6 is 0 Å². The van der Waals surface area contributed by atoms with Crippen molar-refractivity contribution in [2.75, 3.05) is 6.54 Å². The predicted molar refractivity (Wildman–Crippen MR) is 68.4 cm³/mol. The summed E-state index contributed by atoms with van der Waals surface area (Å²) in [7, 11) is 0. The fourth-order valence-electron chi connectivity index (χ4n) is 1.73. The Kier molecular flexibility index (Phi) is 4.27. The molecule has 4 heteroatoms. The maximum Gasteiger partial charge on any atom is 0.0710 e. The zero-order valence-corrected chi connectivity index (χ0v) is 10.1. The Balaban J connectivity index is 2.02. The van der Waals surface area contributed by atoms with E-state index >= 15 is 0 Å². The lowest BCUT2D eigenvalue weighted by Crippen LogP contribution is -2.14. The van der Waals surface area contributed by atoms with Gasteiger partial charge in [0.25, 0.3) is 0 Å². The summed E-state index contributed by atoms with van der Waals surface area (Å²) in [5, 5.41) is 10.6. The quantitative estimate of drug-likeness (QED) is 0.749. The van der Waals surface area contributed by atoms with Crippen LogP contribution in [0.2, 0.25) is 0 Å². The molecule has 90 valence electrons. The third kappa shape index (κ3) is 3.14. The Hall–Kier alpha value is -1.68. The normalized spacial score (nSPS) is 10.6. The minimum absolute atomic E-state index is 0.848. The van der Waals surface area contributed by atoms with Gasteiger partial charge < -0.3 is 5.32 Å². The van der Waals surface area contributed by atoms with Gasteiger partial charge in [-0.05, 0) is 25.1 Å². The number of pyridine rings is 1. The van der Waals surface area contributed by atoms with Gasteiger partial charge in [0.2, 0.25) is 0 Å². The van der Waals surface area contributed by atoms with Gasteiger partial charge in [0, 0.05) is 30.1 Å². The van der Waals surface area contributed by atoms with Gasteiger partial charge in [0.1, 0.15) is 0 Å². The van der Waals surface area contributed by atoms with E-state index in [0.29, 0.717) is 0 Å². The molecule has 0 aliphatic heterocycles. The monoisotopic (exact) mass is 230 g/mol. The Morgan fingerprint density at radius 1 is 1.35 bits per heavy atom. The second-order valence-electron chi connectivity index (χ2n) is 4.04. The van der Waals surface area contributed by atoms with E-state index in [9.17, 15) is 0 Å². The largest absolute Gasteiger partial charge is 0.313 e. The highest BCUT2D eigenvalue weighted by Gasteiger charge is 2.06. The number of hydrogen-bond donors (Lipinski definition) is 2. The van der Waals surface area contributed by atoms with Crippen LogP contribution in [0, 0.1) is 0 Å². The van der Waals surface area contributed by atoms with E-state index in [2.05, 4.69) is 27.4 Å². The average Bonchev–Trinajstić information content (AvgIpc) is 2.84. The van der Waals surface area contributed by atoms with E-state index < -0.39 is 0 Å². The number of H-pyrrole nitrogens is 1. The Bertz CT molecular complexity index is 436. The van der Waals surface area contributed by atoms with Crippen LogP contribution < -0.4 is 5.32 Å². The zero-order valence-electron chi connectivity index (χ0n) is 10.1. The van der Waals surface area contributed by atoms with Crippen molar-refractivity contribution in [3.05, 3.63) is 36.3 Å². The molecule has 0 radical (unpaired) electrons. The zero-order chi connectivity index (χ0) is 11.9. The molecule has 0 spiro atoms. The summed E-state index contributed by atoms with van der Waals surface area (Å²) in [4.78, 5) is 4.12. The molecule has 0 unspecified atom stereocenters. The van der Waals surface area contributed by atoms with E-state index in [4.69, 9.17) is 0 Å². The summed E-state index contributed by atoms with van der Waals surface area (Å²) in [5.74, 6) is 0. The molecule has 4 nitrogen and oxygen atoms in total. The standard InChI is InChI=1S/C13H18N4/c1-2-3-6-14-9-12-10-16-17-13(12)11-5-4-7-15-8-11/h4-5,7-8,10,14H,2-3,6,9H2,1H3,(H,16,17). The number of nitrogens with zero attached hydrogens (tertiary/aromatic N) is 2. The van der Waals surface area contributed by atoms with Crippen LogP contribution in [0.1, 0.15) is 25.3 Å². The number of unbranched alkanes of at least 4 members (excludes halogenated alkanes) is 1. The highest BCUT2D eigenvalue weighted by Crippen LogP contribution is 2.19. The molecule has 2 rings (SSSR count). The van der Waals surface area contributed by atoms with E-state index in [1.165, 1.54) is 18.4 Å². The second kappa shape index (κ2) is 6.15. The molecule has 0 aliphatic carbocycles. The first-order valence-corrected chi connectivity index (χ1v) is 6.05. The van der Waals surface area contributed by atoms with Gasteiger partial charge in [0.05, 0.1) is 11.9 Å². The van der Waals surface area contributed by atoms with Gasteiger partial charge in [0.15, 0.2) is 0 Å². The van der Waals surface area contributed by atoms with E-state index in [1.54, 1.807) is 6.20 Å². The first-order valence-electron chi connectivity index (χ1n) is 6.05. The molecular formula is C13H18N4. The van der Waals surface area contributed by atoms with Crippen molar-refractivity contribution in [3.8, 4) is 11.3 Å². The first kappa shape index (κ1) is 11.8. The van der Waals surface area contributed by atoms with Crippen molar-refractivity contribution in [3.63, 3.8) is 0 Å². The number of hydrogen-bond acceptors (Lipinski definition) is 3. The minimum Gasteiger partial charge on any atom is -0.313 e. The van der Waals surface area contributed by atoms with Crippen molar-refractivity contribution in [1.29, 1.82) is 0 Å². The summed E-state index contributed by atoms with van der Waals surface area (Å²) in [6, 6.07) is 3.97. The molecule has 0 saturated heterocycles. The predicted octanol–water partition coefficient (Wildman–Crippen LogP) is 2.36. The lowest BCUT2D eigenvalue weighted by molar-refractivity contribution is 0.642. The SMILES string of the molecule is CCCCNCc1cn[nH]c1-c1cccnc1. The van der Waals surface area contributed by atoms with Gasteiger partial charge in [-0.25, -0.2) is 0 Å². The lowest BCUT2D eigenvalue weighted by Gasteiger charge is -2.04. The molecule has 0 atom stereocenters. The fraction of sp³-hybridized carbons (Fsp3) is 0.385. The summed E-state index contributed by atoms with van der Waals surface area (Å²) >= 11 is 0. The maximum atomic E-state index is 4.12. The summed E-state index contributed by atoms with van der Waals surface area (Å²) in [5.41, 5.74) is 3.33. The van der Waals surface area contributed by atoms with E-state index in [-0.39, 0.29) is 0 Å². The lowest BCUT2D eigenvalue weighted by atomic mass is 10.1. The average molecular weight is 230 g/mol. The molecule has 0 amide bonds. The number of aromatic nitrogens is 3. The van der Waals surface area contributed by atoms with Gasteiger partial charge in [-0.15, -0.1) is 0 Å². The van der Waals surface area contributed by atoms with Gasteiger partial charge in [-0.2, -0.15) is 5.10 Å². The Morgan fingerprint density at radius 2 is 2.29 bits per heavy atom.